The monoisotopic (exact) mass is 644 g/mol. The van der Waals surface area contributed by atoms with Crippen molar-refractivity contribution < 1.29 is 23.8 Å². The second kappa shape index (κ2) is 16.5. The Balaban J connectivity index is 1.27. The lowest BCUT2D eigenvalue weighted by Gasteiger charge is -2.31. The van der Waals surface area contributed by atoms with Gasteiger partial charge in [0, 0.05) is 46.7 Å². The summed E-state index contributed by atoms with van der Waals surface area (Å²) in [6.07, 6.45) is -0.721. The Hall–Kier alpha value is -3.82. The number of benzene rings is 4. The van der Waals surface area contributed by atoms with E-state index < -0.39 is 18.1 Å². The van der Waals surface area contributed by atoms with Crippen LogP contribution in [0, 0.1) is 0 Å². The van der Waals surface area contributed by atoms with Crippen LogP contribution < -0.4 is 15.4 Å². The number of nitrogens with one attached hydrogen (secondary N) is 2. The zero-order chi connectivity index (χ0) is 31.4. The lowest BCUT2D eigenvalue weighted by atomic mass is 9.82. The molecule has 9 heteroatoms. The van der Waals surface area contributed by atoms with Gasteiger partial charge >= 0.3 is 6.09 Å². The Morgan fingerprint density at radius 2 is 1.51 bits per heavy atom. The SMILES string of the molecule is COC(=O)N[C@H](C(=O)Cc1ccccc1OC[C@@H]1CNC[C@@H](CSc2ccc(Cl)cc2)O1)C(c1ccccc1)c1ccccc1. The average Bonchev–Trinajstić information content (AvgIpc) is 3.08. The fourth-order valence-electron chi connectivity index (χ4n) is 5.39. The quantitative estimate of drug-likeness (QED) is 0.160. The van der Waals surface area contributed by atoms with E-state index in [-0.39, 0.29) is 24.4 Å². The predicted octanol–water partition coefficient (Wildman–Crippen LogP) is 6.54. The molecule has 0 bridgehead atoms. The predicted molar refractivity (Wildman–Crippen MR) is 178 cm³/mol. The molecule has 0 saturated carbocycles. The molecular formula is C36H37ClN2O5S. The van der Waals surface area contributed by atoms with E-state index in [1.165, 1.54) is 7.11 Å². The molecule has 1 amide bonds. The fourth-order valence-corrected chi connectivity index (χ4v) is 6.42. The van der Waals surface area contributed by atoms with Crippen molar-refractivity contribution in [1.82, 2.24) is 10.6 Å². The Labute approximate surface area is 273 Å². The van der Waals surface area contributed by atoms with E-state index in [1.54, 1.807) is 11.8 Å². The molecule has 2 N–H and O–H groups in total. The number of carbonyl (C=O) groups is 2. The minimum atomic E-state index is -0.875. The Kier molecular flexibility index (Phi) is 11.9. The number of para-hydroxylation sites is 1. The summed E-state index contributed by atoms with van der Waals surface area (Å²) in [7, 11) is 1.29. The van der Waals surface area contributed by atoms with Crippen molar-refractivity contribution in [3.05, 3.63) is 131 Å². The number of halogens is 1. The maximum atomic E-state index is 14.1. The second-order valence-electron chi connectivity index (χ2n) is 10.8. The normalized spacial score (nSPS) is 17.0. The van der Waals surface area contributed by atoms with Crippen LogP contribution in [-0.4, -0.2) is 62.7 Å². The van der Waals surface area contributed by atoms with Gasteiger partial charge in [-0.15, -0.1) is 11.8 Å². The van der Waals surface area contributed by atoms with E-state index in [2.05, 4.69) is 10.6 Å². The van der Waals surface area contributed by atoms with E-state index >= 15 is 0 Å². The third kappa shape index (κ3) is 9.34. The third-order valence-electron chi connectivity index (χ3n) is 7.60. The summed E-state index contributed by atoms with van der Waals surface area (Å²) >= 11 is 7.74. The minimum Gasteiger partial charge on any atom is -0.491 e. The summed E-state index contributed by atoms with van der Waals surface area (Å²) in [6.45, 7) is 1.77. The van der Waals surface area contributed by atoms with Gasteiger partial charge in [-0.3, -0.25) is 4.79 Å². The Morgan fingerprint density at radius 1 is 0.889 bits per heavy atom. The molecule has 7 nitrogen and oxygen atoms in total. The number of alkyl carbamates (subject to hydrolysis) is 1. The molecule has 4 aromatic rings. The number of amides is 1. The topological polar surface area (TPSA) is 85.9 Å². The number of Topliss-reactive ketones (excluding diaryl/α,β-unsaturated/α-hetero) is 1. The summed E-state index contributed by atoms with van der Waals surface area (Å²) in [4.78, 5) is 27.8. The number of methoxy groups -OCH3 is 1. The first kappa shape index (κ1) is 32.6. The molecule has 1 saturated heterocycles. The highest BCUT2D eigenvalue weighted by Crippen LogP contribution is 2.31. The number of hydrogen-bond acceptors (Lipinski definition) is 7. The highest BCUT2D eigenvalue weighted by atomic mass is 35.5. The maximum Gasteiger partial charge on any atom is 0.407 e. The van der Waals surface area contributed by atoms with Crippen LogP contribution in [-0.2, 0) is 20.7 Å². The molecule has 0 aliphatic carbocycles. The molecule has 5 rings (SSSR count). The molecule has 1 fully saturated rings. The molecule has 0 spiro atoms. The number of ketones is 1. The first-order valence-corrected chi connectivity index (χ1v) is 16.3. The average molecular weight is 645 g/mol. The molecular weight excluding hydrogens is 608 g/mol. The van der Waals surface area contributed by atoms with Crippen molar-refractivity contribution in [2.75, 3.05) is 32.6 Å². The Morgan fingerprint density at radius 3 is 2.18 bits per heavy atom. The van der Waals surface area contributed by atoms with Crippen molar-refractivity contribution in [1.29, 1.82) is 0 Å². The summed E-state index contributed by atoms with van der Waals surface area (Å²) < 4.78 is 17.5. The number of rotatable bonds is 13. The van der Waals surface area contributed by atoms with Gasteiger partial charge in [0.25, 0.3) is 0 Å². The van der Waals surface area contributed by atoms with Crippen LogP contribution in [0.4, 0.5) is 4.79 Å². The Bertz CT molecular complexity index is 1480. The molecule has 1 aliphatic heterocycles. The number of thioether (sulfide) groups is 1. The van der Waals surface area contributed by atoms with E-state index in [4.69, 9.17) is 25.8 Å². The van der Waals surface area contributed by atoms with Crippen LogP contribution in [0.15, 0.2) is 114 Å². The van der Waals surface area contributed by atoms with Crippen LogP contribution in [0.3, 0.4) is 0 Å². The highest BCUT2D eigenvalue weighted by Gasteiger charge is 2.33. The summed E-state index contributed by atoms with van der Waals surface area (Å²) in [5, 5.41) is 7.00. The number of carbonyl (C=O) groups excluding carboxylic acids is 2. The summed E-state index contributed by atoms with van der Waals surface area (Å²) in [6, 6.07) is 33.9. The van der Waals surface area contributed by atoms with Crippen molar-refractivity contribution in [2.24, 2.45) is 0 Å². The van der Waals surface area contributed by atoms with Crippen LogP contribution >= 0.6 is 23.4 Å². The van der Waals surface area contributed by atoms with Gasteiger partial charge in [-0.2, -0.15) is 0 Å². The van der Waals surface area contributed by atoms with E-state index in [9.17, 15) is 9.59 Å². The van der Waals surface area contributed by atoms with Crippen LogP contribution in [0.25, 0.3) is 0 Å². The van der Waals surface area contributed by atoms with Gasteiger partial charge in [-0.05, 0) is 41.5 Å². The first-order valence-electron chi connectivity index (χ1n) is 14.9. The van der Waals surface area contributed by atoms with Gasteiger partial charge in [-0.1, -0.05) is 90.5 Å². The number of ether oxygens (including phenoxy) is 3. The van der Waals surface area contributed by atoms with E-state index in [0.717, 1.165) is 38.9 Å². The smallest absolute Gasteiger partial charge is 0.407 e. The summed E-state index contributed by atoms with van der Waals surface area (Å²) in [5.74, 6) is 0.829. The van der Waals surface area contributed by atoms with Crippen molar-refractivity contribution in [2.45, 2.75) is 35.5 Å². The van der Waals surface area contributed by atoms with Crippen molar-refractivity contribution in [3.8, 4) is 5.75 Å². The van der Waals surface area contributed by atoms with E-state index in [1.807, 2.05) is 109 Å². The number of hydrogen-bond donors (Lipinski definition) is 2. The van der Waals surface area contributed by atoms with Gasteiger partial charge in [0.1, 0.15) is 24.5 Å². The first-order chi connectivity index (χ1) is 22.0. The maximum absolute atomic E-state index is 14.1. The highest BCUT2D eigenvalue weighted by molar-refractivity contribution is 7.99. The molecule has 3 atom stereocenters. The summed E-state index contributed by atoms with van der Waals surface area (Å²) in [5.41, 5.74) is 2.56. The molecule has 0 unspecified atom stereocenters. The molecule has 45 heavy (non-hydrogen) atoms. The molecule has 1 heterocycles. The van der Waals surface area contributed by atoms with Gasteiger partial charge in [0.15, 0.2) is 5.78 Å². The lowest BCUT2D eigenvalue weighted by molar-refractivity contribution is -0.120. The fraction of sp³-hybridized carbons (Fsp3) is 0.278. The lowest BCUT2D eigenvalue weighted by Crippen LogP contribution is -2.48. The van der Waals surface area contributed by atoms with Gasteiger partial charge in [-0.25, -0.2) is 4.79 Å². The minimum absolute atomic E-state index is 0.0305. The van der Waals surface area contributed by atoms with Crippen molar-refractivity contribution >= 4 is 35.2 Å². The number of morpholine rings is 1. The molecule has 1 aliphatic rings. The van der Waals surface area contributed by atoms with E-state index in [0.29, 0.717) is 18.9 Å². The van der Waals surface area contributed by atoms with Crippen LogP contribution in [0.2, 0.25) is 5.02 Å². The molecule has 0 radical (unpaired) electrons. The standard InChI is InChI=1S/C36H37ClN2O5S/c1-42-36(41)39-35(34(25-10-4-2-5-11-25)26-12-6-3-7-13-26)32(40)20-27-14-8-9-15-33(27)43-23-29-21-38-22-30(44-29)24-45-31-18-16-28(37)17-19-31/h2-19,29-30,34-35,38H,20-24H2,1H3,(H,39,41)/t29-,30-,35+/m0/s1. The molecule has 0 aromatic heterocycles. The molecule has 4 aromatic carbocycles. The zero-order valence-corrected chi connectivity index (χ0v) is 26.6. The van der Waals surface area contributed by atoms with Crippen LogP contribution in [0.1, 0.15) is 22.6 Å². The largest absolute Gasteiger partial charge is 0.491 e. The van der Waals surface area contributed by atoms with Gasteiger partial charge in [0.2, 0.25) is 0 Å². The van der Waals surface area contributed by atoms with Gasteiger partial charge < -0.3 is 24.8 Å². The van der Waals surface area contributed by atoms with Gasteiger partial charge in [0.05, 0.1) is 13.2 Å². The molecule has 234 valence electrons. The third-order valence-corrected chi connectivity index (χ3v) is 8.99. The second-order valence-corrected chi connectivity index (χ2v) is 12.3. The zero-order valence-electron chi connectivity index (χ0n) is 25.1. The van der Waals surface area contributed by atoms with Crippen LogP contribution in [0.5, 0.6) is 5.75 Å². The van der Waals surface area contributed by atoms with Crippen molar-refractivity contribution in [3.63, 3.8) is 0 Å².